The zero-order valence-corrected chi connectivity index (χ0v) is 13.2. The van der Waals surface area contributed by atoms with Gasteiger partial charge in [0, 0.05) is 12.7 Å². The lowest BCUT2D eigenvalue weighted by Gasteiger charge is -2.20. The summed E-state index contributed by atoms with van der Waals surface area (Å²) in [7, 11) is 0. The highest BCUT2D eigenvalue weighted by Crippen LogP contribution is 2.24. The number of ether oxygens (including phenoxy) is 1. The SMILES string of the molecule is CCCNC(c1ccc(OCC)cc1)c1ccnn1CC. The van der Waals surface area contributed by atoms with Gasteiger partial charge in [-0.1, -0.05) is 19.1 Å². The summed E-state index contributed by atoms with van der Waals surface area (Å²) in [5.74, 6) is 0.916. The number of nitrogens with one attached hydrogen (secondary N) is 1. The lowest BCUT2D eigenvalue weighted by molar-refractivity contribution is 0.340. The van der Waals surface area contributed by atoms with Crippen molar-refractivity contribution < 1.29 is 4.74 Å². The highest BCUT2D eigenvalue weighted by molar-refractivity contribution is 5.33. The van der Waals surface area contributed by atoms with Gasteiger partial charge in [-0.25, -0.2) is 0 Å². The van der Waals surface area contributed by atoms with Crippen molar-refractivity contribution in [3.05, 3.63) is 47.8 Å². The average Bonchev–Trinajstić information content (AvgIpc) is 2.98. The second-order valence-corrected chi connectivity index (χ2v) is 4.96. The van der Waals surface area contributed by atoms with Crippen LogP contribution in [0.4, 0.5) is 0 Å². The van der Waals surface area contributed by atoms with Crippen molar-refractivity contribution >= 4 is 0 Å². The molecule has 0 fully saturated rings. The molecule has 4 nitrogen and oxygen atoms in total. The number of rotatable bonds is 8. The van der Waals surface area contributed by atoms with Gasteiger partial charge in [0.1, 0.15) is 5.75 Å². The third-order valence-corrected chi connectivity index (χ3v) is 3.47. The van der Waals surface area contributed by atoms with Crippen LogP contribution in [0.3, 0.4) is 0 Å². The van der Waals surface area contributed by atoms with Gasteiger partial charge >= 0.3 is 0 Å². The van der Waals surface area contributed by atoms with E-state index in [1.54, 1.807) is 0 Å². The van der Waals surface area contributed by atoms with E-state index in [0.29, 0.717) is 6.61 Å². The van der Waals surface area contributed by atoms with E-state index in [2.05, 4.69) is 42.5 Å². The molecule has 0 saturated carbocycles. The number of aromatic nitrogens is 2. The zero-order valence-electron chi connectivity index (χ0n) is 13.2. The molecule has 1 atom stereocenters. The van der Waals surface area contributed by atoms with Crippen LogP contribution in [0.5, 0.6) is 5.75 Å². The Morgan fingerprint density at radius 2 is 1.90 bits per heavy atom. The zero-order chi connectivity index (χ0) is 15.1. The van der Waals surface area contributed by atoms with Crippen LogP contribution in [0.2, 0.25) is 0 Å². The number of aryl methyl sites for hydroxylation is 1. The smallest absolute Gasteiger partial charge is 0.119 e. The Balaban J connectivity index is 2.26. The molecule has 0 saturated heterocycles. The molecule has 0 aliphatic heterocycles. The fraction of sp³-hybridized carbons (Fsp3) is 0.471. The molecule has 1 aromatic heterocycles. The summed E-state index contributed by atoms with van der Waals surface area (Å²) in [6.45, 7) is 8.85. The largest absolute Gasteiger partial charge is 0.494 e. The van der Waals surface area contributed by atoms with E-state index in [1.807, 2.05) is 29.9 Å². The van der Waals surface area contributed by atoms with E-state index in [9.17, 15) is 0 Å². The molecule has 2 aromatic rings. The molecular weight excluding hydrogens is 262 g/mol. The third kappa shape index (κ3) is 3.85. The highest BCUT2D eigenvalue weighted by Gasteiger charge is 2.17. The minimum atomic E-state index is 0.170. The fourth-order valence-corrected chi connectivity index (χ4v) is 2.46. The lowest BCUT2D eigenvalue weighted by Crippen LogP contribution is -2.25. The minimum absolute atomic E-state index is 0.170. The van der Waals surface area contributed by atoms with Crippen molar-refractivity contribution in [3.8, 4) is 5.75 Å². The van der Waals surface area contributed by atoms with Crippen LogP contribution < -0.4 is 10.1 Å². The van der Waals surface area contributed by atoms with Gasteiger partial charge < -0.3 is 10.1 Å². The molecule has 4 heteroatoms. The summed E-state index contributed by atoms with van der Waals surface area (Å²) >= 11 is 0. The molecule has 1 N–H and O–H groups in total. The molecule has 21 heavy (non-hydrogen) atoms. The van der Waals surface area contributed by atoms with Crippen LogP contribution in [0, 0.1) is 0 Å². The van der Waals surface area contributed by atoms with Gasteiger partial charge in [0.15, 0.2) is 0 Å². The summed E-state index contributed by atoms with van der Waals surface area (Å²) in [4.78, 5) is 0. The Morgan fingerprint density at radius 1 is 1.14 bits per heavy atom. The van der Waals surface area contributed by atoms with Crippen molar-refractivity contribution in [2.24, 2.45) is 0 Å². The van der Waals surface area contributed by atoms with Gasteiger partial charge in [-0.2, -0.15) is 5.10 Å². The van der Waals surface area contributed by atoms with Gasteiger partial charge in [0.2, 0.25) is 0 Å². The van der Waals surface area contributed by atoms with E-state index in [-0.39, 0.29) is 6.04 Å². The molecular formula is C17H25N3O. The Labute approximate surface area is 127 Å². The first-order valence-electron chi connectivity index (χ1n) is 7.78. The second-order valence-electron chi connectivity index (χ2n) is 4.96. The Morgan fingerprint density at radius 3 is 2.52 bits per heavy atom. The van der Waals surface area contributed by atoms with Gasteiger partial charge in [0.25, 0.3) is 0 Å². The predicted molar refractivity (Wildman–Crippen MR) is 85.6 cm³/mol. The maximum atomic E-state index is 5.52. The maximum absolute atomic E-state index is 5.52. The number of benzene rings is 1. The molecule has 0 aliphatic rings. The molecule has 2 rings (SSSR count). The van der Waals surface area contributed by atoms with E-state index < -0.39 is 0 Å². The van der Waals surface area contributed by atoms with E-state index in [4.69, 9.17) is 4.74 Å². The van der Waals surface area contributed by atoms with Crippen LogP contribution in [-0.2, 0) is 6.54 Å². The number of nitrogens with zero attached hydrogens (tertiary/aromatic N) is 2. The Bertz CT molecular complexity index is 533. The van der Waals surface area contributed by atoms with Crippen molar-refractivity contribution in [1.82, 2.24) is 15.1 Å². The Hall–Kier alpha value is -1.81. The normalized spacial score (nSPS) is 12.3. The van der Waals surface area contributed by atoms with Gasteiger partial charge in [0.05, 0.1) is 18.3 Å². The number of hydrogen-bond acceptors (Lipinski definition) is 3. The molecule has 0 amide bonds. The lowest BCUT2D eigenvalue weighted by atomic mass is 10.0. The van der Waals surface area contributed by atoms with Crippen LogP contribution in [0.15, 0.2) is 36.5 Å². The fourth-order valence-electron chi connectivity index (χ4n) is 2.46. The molecule has 0 spiro atoms. The summed E-state index contributed by atoms with van der Waals surface area (Å²) in [5, 5.41) is 8.00. The topological polar surface area (TPSA) is 39.1 Å². The maximum Gasteiger partial charge on any atom is 0.119 e. The minimum Gasteiger partial charge on any atom is -0.494 e. The number of hydrogen-bond donors (Lipinski definition) is 1. The van der Waals surface area contributed by atoms with Crippen molar-refractivity contribution in [3.63, 3.8) is 0 Å². The van der Waals surface area contributed by atoms with E-state index in [1.165, 1.54) is 11.3 Å². The monoisotopic (exact) mass is 287 g/mol. The van der Waals surface area contributed by atoms with Crippen molar-refractivity contribution in [2.45, 2.75) is 39.8 Å². The molecule has 1 unspecified atom stereocenters. The second kappa shape index (κ2) is 7.84. The van der Waals surface area contributed by atoms with Crippen LogP contribution in [-0.4, -0.2) is 22.9 Å². The van der Waals surface area contributed by atoms with Crippen molar-refractivity contribution in [2.75, 3.05) is 13.2 Å². The molecule has 0 aliphatic carbocycles. The Kier molecular flexibility index (Phi) is 5.81. The van der Waals surface area contributed by atoms with Crippen LogP contribution in [0.1, 0.15) is 44.5 Å². The van der Waals surface area contributed by atoms with Gasteiger partial charge in [-0.15, -0.1) is 0 Å². The summed E-state index contributed by atoms with van der Waals surface area (Å²) in [6.07, 6.45) is 2.97. The molecule has 0 bridgehead atoms. The first-order chi connectivity index (χ1) is 10.3. The third-order valence-electron chi connectivity index (χ3n) is 3.47. The summed E-state index contributed by atoms with van der Waals surface area (Å²) in [6, 6.07) is 10.6. The van der Waals surface area contributed by atoms with Gasteiger partial charge in [-0.05, 0) is 50.6 Å². The van der Waals surface area contributed by atoms with Crippen molar-refractivity contribution in [1.29, 1.82) is 0 Å². The predicted octanol–water partition coefficient (Wildman–Crippen LogP) is 3.39. The van der Waals surface area contributed by atoms with Gasteiger partial charge in [-0.3, -0.25) is 4.68 Å². The first-order valence-corrected chi connectivity index (χ1v) is 7.78. The highest BCUT2D eigenvalue weighted by atomic mass is 16.5. The molecule has 1 heterocycles. The standard InChI is InChI=1S/C17H25N3O/c1-4-12-18-17(16-11-13-19-20(16)5-2)14-7-9-15(10-8-14)21-6-3/h7-11,13,17-18H,4-6,12H2,1-3H3. The van der Waals surface area contributed by atoms with Crippen LogP contribution >= 0.6 is 0 Å². The molecule has 114 valence electrons. The summed E-state index contributed by atoms with van der Waals surface area (Å²) < 4.78 is 7.56. The first kappa shape index (κ1) is 15.6. The van der Waals surface area contributed by atoms with E-state index >= 15 is 0 Å². The van der Waals surface area contributed by atoms with E-state index in [0.717, 1.165) is 25.3 Å². The summed E-state index contributed by atoms with van der Waals surface area (Å²) in [5.41, 5.74) is 2.44. The molecule has 0 radical (unpaired) electrons. The average molecular weight is 287 g/mol. The van der Waals surface area contributed by atoms with Crippen LogP contribution in [0.25, 0.3) is 0 Å². The quantitative estimate of drug-likeness (QED) is 0.809. The molecule has 1 aromatic carbocycles.